The number of hydrogen-bond donors (Lipinski definition) is 0. The summed E-state index contributed by atoms with van der Waals surface area (Å²) in [4.78, 5) is 24.6. The van der Waals surface area contributed by atoms with Gasteiger partial charge < -0.3 is 4.74 Å². The van der Waals surface area contributed by atoms with Crippen LogP contribution < -0.4 is 0 Å². The lowest BCUT2D eigenvalue weighted by Crippen LogP contribution is -2.25. The quantitative estimate of drug-likeness (QED) is 0.806. The van der Waals surface area contributed by atoms with E-state index in [1.165, 1.54) is 0 Å². The van der Waals surface area contributed by atoms with E-state index in [-0.39, 0.29) is 23.6 Å². The fourth-order valence-electron chi connectivity index (χ4n) is 3.29. The second-order valence-corrected chi connectivity index (χ2v) is 6.59. The number of carbonyl (C=O) groups is 2. The van der Waals surface area contributed by atoms with Crippen molar-refractivity contribution in [3.05, 3.63) is 70.2 Å². The standard InChI is InChI=1S/C19H15ClO3/c20-13-6-3-5-11(8-13)15-10-16(15)19(22)23-17-9-12-4-1-2-7-14(12)18(17)21/h1-8,15-17H,9-10H2/t15-,16+,17?/m0/s1. The van der Waals surface area contributed by atoms with E-state index < -0.39 is 6.10 Å². The molecule has 0 spiro atoms. The van der Waals surface area contributed by atoms with Crippen LogP contribution in [0.5, 0.6) is 0 Å². The van der Waals surface area contributed by atoms with Crippen molar-refractivity contribution in [3.8, 4) is 0 Å². The molecule has 3 nitrogen and oxygen atoms in total. The average molecular weight is 327 g/mol. The first-order valence-electron chi connectivity index (χ1n) is 7.71. The lowest BCUT2D eigenvalue weighted by Gasteiger charge is -2.10. The first-order valence-corrected chi connectivity index (χ1v) is 8.09. The highest BCUT2D eigenvalue weighted by molar-refractivity contribution is 6.30. The number of fused-ring (bicyclic) bond motifs is 1. The van der Waals surface area contributed by atoms with E-state index in [1.807, 2.05) is 42.5 Å². The Morgan fingerprint density at radius 3 is 2.74 bits per heavy atom. The molecule has 1 unspecified atom stereocenters. The van der Waals surface area contributed by atoms with Gasteiger partial charge in [-0.25, -0.2) is 0 Å². The Hall–Kier alpha value is -2.13. The third-order valence-corrected chi connectivity index (χ3v) is 4.84. The lowest BCUT2D eigenvalue weighted by atomic mass is 10.1. The van der Waals surface area contributed by atoms with Gasteiger partial charge in [-0.15, -0.1) is 0 Å². The normalized spacial score (nSPS) is 25.1. The third-order valence-electron chi connectivity index (χ3n) is 4.61. The highest BCUT2D eigenvalue weighted by Crippen LogP contribution is 2.48. The van der Waals surface area contributed by atoms with Crippen LogP contribution in [-0.4, -0.2) is 17.9 Å². The van der Waals surface area contributed by atoms with Crippen molar-refractivity contribution < 1.29 is 14.3 Å². The summed E-state index contributed by atoms with van der Waals surface area (Å²) in [5, 5.41) is 0.669. The molecule has 0 heterocycles. The molecule has 0 N–H and O–H groups in total. The number of Topliss-reactive ketones (excluding diaryl/α,β-unsaturated/α-hetero) is 1. The van der Waals surface area contributed by atoms with E-state index >= 15 is 0 Å². The Morgan fingerprint density at radius 1 is 1.13 bits per heavy atom. The number of rotatable bonds is 3. The molecule has 0 amide bonds. The number of esters is 1. The zero-order valence-corrected chi connectivity index (χ0v) is 13.1. The lowest BCUT2D eigenvalue weighted by molar-refractivity contribution is -0.148. The van der Waals surface area contributed by atoms with Crippen LogP contribution in [0.3, 0.4) is 0 Å². The van der Waals surface area contributed by atoms with Crippen molar-refractivity contribution >= 4 is 23.4 Å². The maximum atomic E-state index is 12.3. The second kappa shape index (κ2) is 5.50. The van der Waals surface area contributed by atoms with Gasteiger partial charge in [-0.05, 0) is 35.6 Å². The molecule has 1 fully saturated rings. The predicted molar refractivity (Wildman–Crippen MR) is 86.7 cm³/mol. The zero-order chi connectivity index (χ0) is 16.0. The Kier molecular flexibility index (Phi) is 3.46. The maximum Gasteiger partial charge on any atom is 0.310 e. The van der Waals surface area contributed by atoms with Crippen LogP contribution in [0.15, 0.2) is 48.5 Å². The second-order valence-electron chi connectivity index (χ2n) is 6.15. The molecule has 3 atom stereocenters. The summed E-state index contributed by atoms with van der Waals surface area (Å²) in [6.45, 7) is 0. The summed E-state index contributed by atoms with van der Waals surface area (Å²) in [6, 6.07) is 15.0. The molecule has 4 rings (SSSR count). The molecular weight excluding hydrogens is 312 g/mol. The molecule has 0 radical (unpaired) electrons. The smallest absolute Gasteiger partial charge is 0.310 e. The number of hydrogen-bond acceptors (Lipinski definition) is 3. The van der Waals surface area contributed by atoms with Crippen molar-refractivity contribution in [2.45, 2.75) is 24.9 Å². The third kappa shape index (κ3) is 2.66. The molecule has 0 bridgehead atoms. The number of benzene rings is 2. The summed E-state index contributed by atoms with van der Waals surface area (Å²) in [5.41, 5.74) is 2.69. The van der Waals surface area contributed by atoms with E-state index in [4.69, 9.17) is 16.3 Å². The fourth-order valence-corrected chi connectivity index (χ4v) is 3.49. The van der Waals surface area contributed by atoms with Crippen molar-refractivity contribution in [1.29, 1.82) is 0 Å². The van der Waals surface area contributed by atoms with Gasteiger partial charge in [0, 0.05) is 17.0 Å². The molecular formula is C19H15ClO3. The van der Waals surface area contributed by atoms with Crippen LogP contribution in [0.4, 0.5) is 0 Å². The van der Waals surface area contributed by atoms with Crippen LogP contribution >= 0.6 is 11.6 Å². The van der Waals surface area contributed by atoms with Crippen LogP contribution in [-0.2, 0) is 16.0 Å². The largest absolute Gasteiger partial charge is 0.453 e. The van der Waals surface area contributed by atoms with E-state index in [1.54, 1.807) is 6.07 Å². The SMILES string of the molecule is O=C1c2ccccc2CC1OC(=O)[C@@H]1C[C@H]1c1cccc(Cl)c1. The molecule has 116 valence electrons. The number of carbonyl (C=O) groups excluding carboxylic acids is 2. The molecule has 2 aromatic rings. The van der Waals surface area contributed by atoms with Crippen LogP contribution in [0.1, 0.15) is 33.8 Å². The topological polar surface area (TPSA) is 43.4 Å². The minimum Gasteiger partial charge on any atom is -0.453 e. The van der Waals surface area contributed by atoms with Crippen molar-refractivity contribution in [2.75, 3.05) is 0 Å². The fraction of sp³-hybridized carbons (Fsp3) is 0.263. The average Bonchev–Trinajstić information content (AvgIpc) is 3.29. The van der Waals surface area contributed by atoms with E-state index in [9.17, 15) is 9.59 Å². The highest BCUT2D eigenvalue weighted by atomic mass is 35.5. The number of ketones is 1. The molecule has 0 aromatic heterocycles. The van der Waals surface area contributed by atoms with Crippen LogP contribution in [0, 0.1) is 5.92 Å². The van der Waals surface area contributed by atoms with Crippen molar-refractivity contribution in [2.24, 2.45) is 5.92 Å². The van der Waals surface area contributed by atoms with Crippen LogP contribution in [0.25, 0.3) is 0 Å². The number of ether oxygens (including phenoxy) is 1. The molecule has 1 saturated carbocycles. The summed E-state index contributed by atoms with van der Waals surface area (Å²) in [7, 11) is 0. The molecule has 0 aliphatic heterocycles. The highest BCUT2D eigenvalue weighted by Gasteiger charge is 2.47. The Bertz CT molecular complexity index is 799. The van der Waals surface area contributed by atoms with Gasteiger partial charge in [-0.1, -0.05) is 48.0 Å². The number of halogens is 1. The Morgan fingerprint density at radius 2 is 1.96 bits per heavy atom. The summed E-state index contributed by atoms with van der Waals surface area (Å²) < 4.78 is 5.49. The van der Waals surface area contributed by atoms with Crippen LogP contribution in [0.2, 0.25) is 5.02 Å². The van der Waals surface area contributed by atoms with E-state index in [0.29, 0.717) is 17.0 Å². The minimum atomic E-state index is -0.666. The molecule has 2 aliphatic carbocycles. The van der Waals surface area contributed by atoms with E-state index in [2.05, 4.69) is 0 Å². The van der Waals surface area contributed by atoms with Crippen molar-refractivity contribution in [1.82, 2.24) is 0 Å². The van der Waals surface area contributed by atoms with Gasteiger partial charge in [-0.2, -0.15) is 0 Å². The van der Waals surface area contributed by atoms with E-state index in [0.717, 1.165) is 17.5 Å². The molecule has 2 aromatic carbocycles. The zero-order valence-electron chi connectivity index (χ0n) is 12.4. The van der Waals surface area contributed by atoms with Gasteiger partial charge in [0.25, 0.3) is 0 Å². The van der Waals surface area contributed by atoms with Gasteiger partial charge in [0.2, 0.25) is 5.78 Å². The summed E-state index contributed by atoms with van der Waals surface area (Å²) in [5.74, 6) is -0.375. The van der Waals surface area contributed by atoms with Gasteiger partial charge in [0.05, 0.1) is 5.92 Å². The van der Waals surface area contributed by atoms with Gasteiger partial charge in [0.15, 0.2) is 6.10 Å². The molecule has 23 heavy (non-hydrogen) atoms. The predicted octanol–water partition coefficient (Wildman–Crippen LogP) is 3.79. The summed E-state index contributed by atoms with van der Waals surface area (Å²) >= 11 is 5.99. The van der Waals surface area contributed by atoms with Gasteiger partial charge in [0.1, 0.15) is 0 Å². The van der Waals surface area contributed by atoms with Crippen molar-refractivity contribution in [3.63, 3.8) is 0 Å². The summed E-state index contributed by atoms with van der Waals surface area (Å²) in [6.07, 6.45) is 0.572. The van der Waals surface area contributed by atoms with Gasteiger partial charge >= 0.3 is 5.97 Å². The first-order chi connectivity index (χ1) is 11.1. The maximum absolute atomic E-state index is 12.3. The molecule has 4 heteroatoms. The van der Waals surface area contributed by atoms with Gasteiger partial charge in [-0.3, -0.25) is 9.59 Å². The Balaban J connectivity index is 1.42. The minimum absolute atomic E-state index is 0.0890. The molecule has 2 aliphatic rings. The molecule has 0 saturated heterocycles. The Labute approximate surface area is 139 Å². The monoisotopic (exact) mass is 326 g/mol. The first kappa shape index (κ1) is 14.5.